The van der Waals surface area contributed by atoms with Gasteiger partial charge in [0.1, 0.15) is 10.2 Å². The third-order valence-corrected chi connectivity index (χ3v) is 6.96. The molecular formula is C30H24N8OS. The molecular weight excluding hydrogens is 520 g/mol. The maximum atomic E-state index is 13.5. The van der Waals surface area contributed by atoms with E-state index in [1.54, 1.807) is 29.3 Å². The SMILES string of the molecule is C[C@H](NC(=O)c1c(N)nn2cccnc12)c1cc2cccc(C#Cc3cnn(C)c3)c2c(=S)n1-c1ccccc1. The number of rotatable bonds is 4. The van der Waals surface area contributed by atoms with Crippen LogP contribution >= 0.6 is 12.2 Å². The molecule has 0 radical (unpaired) electrons. The zero-order chi connectivity index (χ0) is 27.8. The van der Waals surface area contributed by atoms with Crippen LogP contribution < -0.4 is 11.1 Å². The molecule has 3 N–H and O–H groups in total. The Kier molecular flexibility index (Phi) is 6.34. The Hall–Kier alpha value is -5.27. The van der Waals surface area contributed by atoms with Crippen molar-refractivity contribution in [1.82, 2.24) is 34.3 Å². The number of anilines is 1. The Bertz CT molecular complexity index is 2030. The van der Waals surface area contributed by atoms with Gasteiger partial charge in [-0.25, -0.2) is 9.50 Å². The van der Waals surface area contributed by atoms with Gasteiger partial charge in [0.05, 0.1) is 17.8 Å². The van der Waals surface area contributed by atoms with Crippen LogP contribution in [0.3, 0.4) is 0 Å². The minimum absolute atomic E-state index is 0.110. The van der Waals surface area contributed by atoms with E-state index in [0.29, 0.717) is 10.3 Å². The Morgan fingerprint density at radius 3 is 2.70 bits per heavy atom. The largest absolute Gasteiger partial charge is 0.381 e. The zero-order valence-corrected chi connectivity index (χ0v) is 22.6. The van der Waals surface area contributed by atoms with E-state index >= 15 is 0 Å². The molecule has 4 aromatic heterocycles. The fourth-order valence-corrected chi connectivity index (χ4v) is 5.18. The van der Waals surface area contributed by atoms with Crippen molar-refractivity contribution in [2.24, 2.45) is 7.05 Å². The van der Waals surface area contributed by atoms with Gasteiger partial charge in [-0.2, -0.15) is 5.10 Å². The van der Waals surface area contributed by atoms with Crippen LogP contribution in [0.1, 0.15) is 40.1 Å². The highest BCUT2D eigenvalue weighted by Gasteiger charge is 2.23. The summed E-state index contributed by atoms with van der Waals surface area (Å²) in [7, 11) is 1.86. The summed E-state index contributed by atoms with van der Waals surface area (Å²) in [6, 6.07) is 19.1. The smallest absolute Gasteiger partial charge is 0.259 e. The molecule has 4 heterocycles. The highest BCUT2D eigenvalue weighted by Crippen LogP contribution is 2.29. The van der Waals surface area contributed by atoms with Gasteiger partial charge in [-0.1, -0.05) is 54.4 Å². The number of nitrogens with two attached hydrogens (primary N) is 1. The Morgan fingerprint density at radius 1 is 1.10 bits per heavy atom. The van der Waals surface area contributed by atoms with E-state index in [1.807, 2.05) is 79.3 Å². The Balaban J connectivity index is 1.48. The molecule has 10 heteroatoms. The van der Waals surface area contributed by atoms with Crippen molar-refractivity contribution in [2.75, 3.05) is 5.73 Å². The third-order valence-electron chi connectivity index (χ3n) is 6.58. The van der Waals surface area contributed by atoms with Gasteiger partial charge in [0.15, 0.2) is 11.5 Å². The number of benzene rings is 2. The molecule has 0 bridgehead atoms. The van der Waals surface area contributed by atoms with Crippen molar-refractivity contribution in [1.29, 1.82) is 0 Å². The predicted octanol–water partition coefficient (Wildman–Crippen LogP) is 4.61. The number of pyridine rings is 1. The lowest BCUT2D eigenvalue weighted by Gasteiger charge is -2.22. The summed E-state index contributed by atoms with van der Waals surface area (Å²) >= 11 is 6.10. The number of nitrogens with one attached hydrogen (secondary N) is 1. The lowest BCUT2D eigenvalue weighted by atomic mass is 10.0. The van der Waals surface area contributed by atoms with Crippen LogP contribution in [0.4, 0.5) is 5.82 Å². The molecule has 6 rings (SSSR count). The summed E-state index contributed by atoms with van der Waals surface area (Å²) in [6.07, 6.45) is 6.89. The van der Waals surface area contributed by atoms with Crippen LogP contribution in [0.5, 0.6) is 0 Å². The second-order valence-electron chi connectivity index (χ2n) is 9.31. The highest BCUT2D eigenvalue weighted by molar-refractivity contribution is 7.71. The minimum Gasteiger partial charge on any atom is -0.381 e. The minimum atomic E-state index is -0.443. The standard InChI is InChI=1S/C30H24N8OS/c1-19(34-29(39)26-27(31)35-37-15-7-14-32-28(26)37)24-16-22-9-6-8-21(13-12-20-17-33-36(2)18-20)25(22)30(40)38(24)23-10-4-3-5-11-23/h3-11,14-19H,1-2H3,(H2,31,35)(H,34,39)/t19-/m0/s1. The van der Waals surface area contributed by atoms with Gasteiger partial charge in [-0.15, -0.1) is 5.10 Å². The van der Waals surface area contributed by atoms with Crippen molar-refractivity contribution in [2.45, 2.75) is 13.0 Å². The van der Waals surface area contributed by atoms with E-state index in [2.05, 4.69) is 32.3 Å². The summed E-state index contributed by atoms with van der Waals surface area (Å²) in [6.45, 7) is 1.91. The number of nitrogens with zero attached hydrogens (tertiary/aromatic N) is 6. The predicted molar refractivity (Wildman–Crippen MR) is 157 cm³/mol. The van der Waals surface area contributed by atoms with E-state index < -0.39 is 6.04 Å². The zero-order valence-electron chi connectivity index (χ0n) is 21.7. The van der Waals surface area contributed by atoms with E-state index in [4.69, 9.17) is 18.0 Å². The number of aryl methyl sites for hydroxylation is 1. The van der Waals surface area contributed by atoms with Crippen LogP contribution in [0, 0.1) is 16.5 Å². The monoisotopic (exact) mass is 544 g/mol. The number of hydrogen-bond donors (Lipinski definition) is 2. The number of hydrogen-bond acceptors (Lipinski definition) is 6. The maximum Gasteiger partial charge on any atom is 0.259 e. The molecule has 0 unspecified atom stereocenters. The average Bonchev–Trinajstić information content (AvgIpc) is 3.53. The first-order valence-electron chi connectivity index (χ1n) is 12.5. The number of nitrogen functional groups attached to an aromatic ring is 1. The van der Waals surface area contributed by atoms with Crippen LogP contribution in [0.2, 0.25) is 0 Å². The molecule has 196 valence electrons. The molecule has 2 aromatic carbocycles. The van der Waals surface area contributed by atoms with E-state index in [-0.39, 0.29) is 17.3 Å². The number of aromatic nitrogens is 6. The number of carbonyl (C=O) groups excluding carboxylic acids is 1. The quantitative estimate of drug-likeness (QED) is 0.248. The van der Waals surface area contributed by atoms with Gasteiger partial charge < -0.3 is 15.6 Å². The topological polar surface area (TPSA) is 108 Å². The first-order valence-corrected chi connectivity index (χ1v) is 13.0. The summed E-state index contributed by atoms with van der Waals surface area (Å²) in [5.74, 6) is 6.20. The Labute approximate surface area is 234 Å². The van der Waals surface area contributed by atoms with Crippen molar-refractivity contribution in [3.63, 3.8) is 0 Å². The van der Waals surface area contributed by atoms with Crippen LogP contribution in [0.15, 0.2) is 85.5 Å². The van der Waals surface area contributed by atoms with E-state index in [9.17, 15) is 4.79 Å². The van der Waals surface area contributed by atoms with Gasteiger partial charge >= 0.3 is 0 Å². The normalized spacial score (nSPS) is 11.8. The number of fused-ring (bicyclic) bond motifs is 2. The van der Waals surface area contributed by atoms with Crippen LogP contribution in [-0.4, -0.2) is 34.9 Å². The fraction of sp³-hybridized carbons (Fsp3) is 0.100. The summed E-state index contributed by atoms with van der Waals surface area (Å²) in [4.78, 5) is 17.7. The molecule has 1 amide bonds. The molecule has 0 saturated heterocycles. The molecule has 6 aromatic rings. The fourth-order valence-electron chi connectivity index (χ4n) is 4.74. The Morgan fingerprint density at radius 2 is 1.93 bits per heavy atom. The summed E-state index contributed by atoms with van der Waals surface area (Å²) < 4.78 is 5.78. The molecule has 0 aliphatic carbocycles. The lowest BCUT2D eigenvalue weighted by Crippen LogP contribution is -2.29. The van der Waals surface area contributed by atoms with Crippen LogP contribution in [-0.2, 0) is 7.05 Å². The first-order chi connectivity index (χ1) is 19.4. The summed E-state index contributed by atoms with van der Waals surface area (Å²) in [5.41, 5.74) is 10.0. The number of amides is 1. The average molecular weight is 545 g/mol. The molecule has 40 heavy (non-hydrogen) atoms. The number of carbonyl (C=O) groups is 1. The molecule has 0 aliphatic heterocycles. The van der Waals surface area contributed by atoms with Crippen molar-refractivity contribution in [3.8, 4) is 17.5 Å². The molecule has 0 saturated carbocycles. The van der Waals surface area contributed by atoms with Gasteiger partial charge in [0.25, 0.3) is 5.91 Å². The third kappa shape index (κ3) is 4.48. The summed E-state index contributed by atoms with van der Waals surface area (Å²) in [5, 5.41) is 13.3. The lowest BCUT2D eigenvalue weighted by molar-refractivity contribution is 0.0941. The highest BCUT2D eigenvalue weighted by atomic mass is 32.1. The van der Waals surface area contributed by atoms with Crippen LogP contribution in [0.25, 0.3) is 22.1 Å². The molecule has 0 aliphatic rings. The molecule has 0 fully saturated rings. The van der Waals surface area contributed by atoms with Gasteiger partial charge in [0, 0.05) is 48.0 Å². The first kappa shape index (κ1) is 25.0. The van der Waals surface area contributed by atoms with Gasteiger partial charge in [-0.3, -0.25) is 9.48 Å². The number of para-hydroxylation sites is 1. The van der Waals surface area contributed by atoms with Crippen molar-refractivity contribution in [3.05, 3.63) is 112 Å². The second kappa shape index (κ2) is 10.1. The molecule has 0 spiro atoms. The second-order valence-corrected chi connectivity index (χ2v) is 9.70. The van der Waals surface area contributed by atoms with Gasteiger partial charge in [-0.05, 0) is 42.6 Å². The van der Waals surface area contributed by atoms with Crippen molar-refractivity contribution >= 4 is 40.4 Å². The van der Waals surface area contributed by atoms with Crippen molar-refractivity contribution < 1.29 is 4.79 Å². The maximum absolute atomic E-state index is 13.5. The van der Waals surface area contributed by atoms with Gasteiger partial charge in [0.2, 0.25) is 0 Å². The van der Waals surface area contributed by atoms with E-state index in [1.165, 1.54) is 4.52 Å². The molecule has 1 atom stereocenters. The molecule has 9 nitrogen and oxygen atoms in total. The van der Waals surface area contributed by atoms with E-state index in [0.717, 1.165) is 33.3 Å².